The molecule has 3 aromatic rings. The molecular weight excluding hydrogens is 396 g/mol. The molecule has 0 saturated heterocycles. The van der Waals surface area contributed by atoms with Crippen LogP contribution in [-0.4, -0.2) is 18.7 Å². The summed E-state index contributed by atoms with van der Waals surface area (Å²) >= 11 is 0. The molecule has 0 aliphatic heterocycles. The van der Waals surface area contributed by atoms with Gasteiger partial charge < -0.3 is 10.1 Å². The Morgan fingerprint density at radius 1 is 0.906 bits per heavy atom. The Morgan fingerprint density at radius 2 is 1.56 bits per heavy atom. The van der Waals surface area contributed by atoms with Crippen molar-refractivity contribution in [2.24, 2.45) is 4.99 Å². The smallest absolute Gasteiger partial charge is 0.255 e. The minimum Gasteiger partial charge on any atom is -0.497 e. The number of amides is 1. The van der Waals surface area contributed by atoms with Gasteiger partial charge in [0.1, 0.15) is 5.75 Å². The minimum atomic E-state index is -0.168. The van der Waals surface area contributed by atoms with E-state index in [9.17, 15) is 4.79 Å². The third kappa shape index (κ3) is 6.67. The zero-order chi connectivity index (χ0) is 23.3. The third-order valence-corrected chi connectivity index (χ3v) is 4.74. The first-order valence-corrected chi connectivity index (χ1v) is 11.0. The van der Waals surface area contributed by atoms with Gasteiger partial charge in [-0.2, -0.15) is 0 Å². The van der Waals surface area contributed by atoms with Crippen LogP contribution in [0.15, 0.2) is 89.9 Å². The monoisotopic (exact) mass is 428 g/mol. The lowest BCUT2D eigenvalue weighted by Gasteiger charge is -2.10. The summed E-state index contributed by atoms with van der Waals surface area (Å²) in [7, 11) is 1.60. The van der Waals surface area contributed by atoms with Crippen LogP contribution in [0.3, 0.4) is 0 Å². The lowest BCUT2D eigenvalue weighted by molar-refractivity contribution is 0.102. The van der Waals surface area contributed by atoms with Crippen LogP contribution in [0.5, 0.6) is 5.75 Å². The summed E-state index contributed by atoms with van der Waals surface area (Å²) in [6.07, 6.45) is 2.82. The molecule has 3 aromatic carbocycles. The van der Waals surface area contributed by atoms with Crippen molar-refractivity contribution in [1.82, 2.24) is 0 Å². The molecule has 166 valence electrons. The van der Waals surface area contributed by atoms with E-state index in [-0.39, 0.29) is 5.91 Å². The number of hydrogen-bond acceptors (Lipinski definition) is 3. The van der Waals surface area contributed by atoms with Gasteiger partial charge in [-0.25, -0.2) is 0 Å². The van der Waals surface area contributed by atoms with E-state index >= 15 is 0 Å². The standard InChI is InChI=1S/C26H26N2O2.C2H6/c1-4-24(19-10-7-6-8-11-19)28-25(5-2)21-12-9-13-22(18-21)27-26(29)20-14-16-23(30-3)17-15-20;1-2/h5-18H,4H2,1-3H3,(H,27,29);1-2H3/b25-5-,28-24?;. The molecule has 0 saturated carbocycles. The summed E-state index contributed by atoms with van der Waals surface area (Å²) in [5, 5.41) is 2.96. The molecule has 0 atom stereocenters. The van der Waals surface area contributed by atoms with Crippen LogP contribution in [-0.2, 0) is 0 Å². The predicted octanol–water partition coefficient (Wildman–Crippen LogP) is 7.23. The average molecular weight is 429 g/mol. The van der Waals surface area contributed by atoms with E-state index in [0.29, 0.717) is 11.3 Å². The molecule has 0 radical (unpaired) electrons. The first kappa shape index (κ1) is 24.6. The van der Waals surface area contributed by atoms with Crippen LogP contribution in [0.2, 0.25) is 0 Å². The molecule has 1 N–H and O–H groups in total. The van der Waals surface area contributed by atoms with Gasteiger partial charge in [-0.15, -0.1) is 0 Å². The van der Waals surface area contributed by atoms with Crippen molar-refractivity contribution in [2.75, 3.05) is 12.4 Å². The van der Waals surface area contributed by atoms with Crippen LogP contribution in [0.1, 0.15) is 55.6 Å². The van der Waals surface area contributed by atoms with E-state index in [1.54, 1.807) is 31.4 Å². The van der Waals surface area contributed by atoms with Crippen LogP contribution in [0.25, 0.3) is 5.70 Å². The summed E-state index contributed by atoms with van der Waals surface area (Å²) in [6, 6.07) is 25.0. The molecule has 3 rings (SSSR count). The Hall–Kier alpha value is -3.66. The highest BCUT2D eigenvalue weighted by Gasteiger charge is 2.09. The van der Waals surface area contributed by atoms with Gasteiger partial charge in [0.05, 0.1) is 12.8 Å². The molecule has 0 aliphatic carbocycles. The molecular formula is C28H32N2O2. The number of ether oxygens (including phenoxy) is 1. The number of hydrogen-bond donors (Lipinski definition) is 1. The molecule has 4 heteroatoms. The zero-order valence-electron chi connectivity index (χ0n) is 19.6. The number of nitrogens with zero attached hydrogens (tertiary/aromatic N) is 1. The van der Waals surface area contributed by atoms with Gasteiger partial charge in [0, 0.05) is 22.5 Å². The lowest BCUT2D eigenvalue weighted by Crippen LogP contribution is -2.11. The van der Waals surface area contributed by atoms with Gasteiger partial charge in [0.25, 0.3) is 5.91 Å². The highest BCUT2D eigenvalue weighted by molar-refractivity contribution is 6.05. The highest BCUT2D eigenvalue weighted by atomic mass is 16.5. The second kappa shape index (κ2) is 12.9. The fourth-order valence-corrected chi connectivity index (χ4v) is 3.12. The van der Waals surface area contributed by atoms with Crippen LogP contribution in [0.4, 0.5) is 5.69 Å². The Labute approximate surface area is 191 Å². The van der Waals surface area contributed by atoms with Gasteiger partial charge >= 0.3 is 0 Å². The second-order valence-electron chi connectivity index (χ2n) is 6.72. The first-order chi connectivity index (χ1) is 15.6. The second-order valence-corrected chi connectivity index (χ2v) is 6.72. The summed E-state index contributed by atoms with van der Waals surface area (Å²) in [5.41, 5.74) is 5.26. The molecule has 0 heterocycles. The Kier molecular flexibility index (Phi) is 9.92. The average Bonchev–Trinajstić information content (AvgIpc) is 2.86. The number of carbonyl (C=O) groups is 1. The van der Waals surface area contributed by atoms with Crippen LogP contribution >= 0.6 is 0 Å². The van der Waals surface area contributed by atoms with Crippen molar-refractivity contribution in [3.63, 3.8) is 0 Å². The number of benzene rings is 3. The van der Waals surface area contributed by atoms with Crippen molar-refractivity contribution in [3.8, 4) is 5.75 Å². The largest absolute Gasteiger partial charge is 0.497 e. The summed E-state index contributed by atoms with van der Waals surface area (Å²) < 4.78 is 5.14. The number of aliphatic imine (C=N–C) groups is 1. The van der Waals surface area contributed by atoms with Gasteiger partial charge in [0.15, 0.2) is 0 Å². The molecule has 0 aromatic heterocycles. The van der Waals surface area contributed by atoms with E-state index in [4.69, 9.17) is 9.73 Å². The fraction of sp³-hybridized carbons (Fsp3) is 0.214. The van der Waals surface area contributed by atoms with Crippen LogP contribution < -0.4 is 10.1 Å². The van der Waals surface area contributed by atoms with E-state index in [2.05, 4.69) is 24.4 Å². The number of allylic oxidation sites excluding steroid dienone is 1. The highest BCUT2D eigenvalue weighted by Crippen LogP contribution is 2.22. The lowest BCUT2D eigenvalue weighted by atomic mass is 10.1. The Balaban J connectivity index is 0.00000176. The number of methoxy groups -OCH3 is 1. The number of rotatable bonds is 7. The van der Waals surface area contributed by atoms with Gasteiger partial charge in [0.2, 0.25) is 0 Å². The maximum absolute atomic E-state index is 12.6. The van der Waals surface area contributed by atoms with Crippen LogP contribution in [0, 0.1) is 0 Å². The van der Waals surface area contributed by atoms with Gasteiger partial charge in [-0.1, -0.05) is 69.3 Å². The van der Waals surface area contributed by atoms with E-state index in [1.807, 2.05) is 69.3 Å². The van der Waals surface area contributed by atoms with Crippen molar-refractivity contribution in [2.45, 2.75) is 34.1 Å². The van der Waals surface area contributed by atoms with Crippen molar-refractivity contribution < 1.29 is 9.53 Å². The normalized spacial score (nSPS) is 11.3. The maximum Gasteiger partial charge on any atom is 0.255 e. The topological polar surface area (TPSA) is 50.7 Å². The molecule has 0 aliphatic rings. The summed E-state index contributed by atoms with van der Waals surface area (Å²) in [6.45, 7) is 8.07. The number of carbonyl (C=O) groups excluding carboxylic acids is 1. The van der Waals surface area contributed by atoms with Crippen molar-refractivity contribution in [1.29, 1.82) is 0 Å². The predicted molar refractivity (Wildman–Crippen MR) is 136 cm³/mol. The summed E-state index contributed by atoms with van der Waals surface area (Å²) in [5.74, 6) is 0.549. The quantitative estimate of drug-likeness (QED) is 0.403. The summed E-state index contributed by atoms with van der Waals surface area (Å²) in [4.78, 5) is 17.5. The first-order valence-electron chi connectivity index (χ1n) is 11.0. The van der Waals surface area contributed by atoms with E-state index in [0.717, 1.165) is 34.6 Å². The zero-order valence-corrected chi connectivity index (χ0v) is 19.6. The van der Waals surface area contributed by atoms with Gasteiger partial charge in [-0.3, -0.25) is 9.79 Å². The Bertz CT molecular complexity index is 1050. The minimum absolute atomic E-state index is 0.168. The van der Waals surface area contributed by atoms with Gasteiger partial charge in [-0.05, 0) is 55.3 Å². The number of anilines is 1. The molecule has 0 unspecified atom stereocenters. The van der Waals surface area contributed by atoms with Crippen molar-refractivity contribution in [3.05, 3.63) is 102 Å². The molecule has 4 nitrogen and oxygen atoms in total. The fourth-order valence-electron chi connectivity index (χ4n) is 3.12. The number of nitrogens with one attached hydrogen (secondary N) is 1. The van der Waals surface area contributed by atoms with E-state index < -0.39 is 0 Å². The molecule has 0 bridgehead atoms. The molecule has 1 amide bonds. The molecule has 0 spiro atoms. The van der Waals surface area contributed by atoms with Crippen molar-refractivity contribution >= 4 is 23.0 Å². The SMILES string of the molecule is C/C=C(\N=C(CC)c1ccccc1)c1cccc(NC(=O)c2ccc(OC)cc2)c1.CC. The third-order valence-electron chi connectivity index (χ3n) is 4.74. The van der Waals surface area contributed by atoms with E-state index in [1.165, 1.54) is 0 Å². The molecule has 0 fully saturated rings. The Morgan fingerprint density at radius 3 is 2.16 bits per heavy atom. The maximum atomic E-state index is 12.6. The molecule has 32 heavy (non-hydrogen) atoms.